The normalized spacial score (nSPS) is 10.3. The Morgan fingerprint density at radius 2 is 1.85 bits per heavy atom. The molecule has 0 heterocycles. The highest BCUT2D eigenvalue weighted by Crippen LogP contribution is 2.17. The van der Waals surface area contributed by atoms with E-state index in [0.717, 1.165) is 17.7 Å². The lowest BCUT2D eigenvalue weighted by molar-refractivity contribution is 0.103. The lowest BCUT2D eigenvalue weighted by Gasteiger charge is -2.06. The van der Waals surface area contributed by atoms with Crippen LogP contribution < -0.4 is 10.5 Å². The maximum atomic E-state index is 12.4. The summed E-state index contributed by atoms with van der Waals surface area (Å²) in [6.45, 7) is 3.12. The largest absolute Gasteiger partial charge is 0.494 e. The Morgan fingerprint density at radius 1 is 1.10 bits per heavy atom. The van der Waals surface area contributed by atoms with Crippen LogP contribution in [0.15, 0.2) is 48.5 Å². The fourth-order valence-electron chi connectivity index (χ4n) is 2.05. The van der Waals surface area contributed by atoms with Crippen molar-refractivity contribution in [3.05, 3.63) is 65.2 Å². The van der Waals surface area contributed by atoms with Crippen LogP contribution >= 0.6 is 0 Å². The van der Waals surface area contributed by atoms with Gasteiger partial charge in [0.25, 0.3) is 0 Å². The zero-order chi connectivity index (χ0) is 14.4. The molecule has 0 aliphatic carbocycles. The number of carbonyl (C=O) groups excluding carboxylic acids is 1. The summed E-state index contributed by atoms with van der Waals surface area (Å²) in [5.74, 6) is 0.726. The van der Waals surface area contributed by atoms with E-state index < -0.39 is 0 Å². The minimum atomic E-state index is 0.00542. The summed E-state index contributed by atoms with van der Waals surface area (Å²) >= 11 is 0. The maximum Gasteiger partial charge on any atom is 0.193 e. The van der Waals surface area contributed by atoms with Crippen molar-refractivity contribution in [3.8, 4) is 5.75 Å². The highest BCUT2D eigenvalue weighted by molar-refractivity contribution is 6.09. The molecule has 0 bridgehead atoms. The molecule has 0 atom stereocenters. The number of nitrogens with two attached hydrogens (primary N) is 1. The number of ether oxygens (including phenoxy) is 1. The molecule has 2 N–H and O–H groups in total. The summed E-state index contributed by atoms with van der Waals surface area (Å²) in [5.41, 5.74) is 7.98. The van der Waals surface area contributed by atoms with Crippen molar-refractivity contribution in [2.24, 2.45) is 5.73 Å². The summed E-state index contributed by atoms with van der Waals surface area (Å²) in [4.78, 5) is 12.4. The molecular formula is C17H19NO2. The molecule has 3 nitrogen and oxygen atoms in total. The molecule has 0 aliphatic rings. The highest BCUT2D eigenvalue weighted by Gasteiger charge is 2.09. The van der Waals surface area contributed by atoms with E-state index >= 15 is 0 Å². The van der Waals surface area contributed by atoms with Crippen LogP contribution in [-0.2, 0) is 6.42 Å². The van der Waals surface area contributed by atoms with Crippen molar-refractivity contribution in [2.45, 2.75) is 13.3 Å². The monoisotopic (exact) mass is 269 g/mol. The van der Waals surface area contributed by atoms with Gasteiger partial charge in [-0.1, -0.05) is 36.4 Å². The first-order chi connectivity index (χ1) is 9.74. The highest BCUT2D eigenvalue weighted by atomic mass is 16.5. The minimum absolute atomic E-state index is 0.00542. The van der Waals surface area contributed by atoms with Gasteiger partial charge in [-0.15, -0.1) is 0 Å². The second-order valence-electron chi connectivity index (χ2n) is 4.53. The summed E-state index contributed by atoms with van der Waals surface area (Å²) in [5, 5.41) is 0. The van der Waals surface area contributed by atoms with E-state index in [1.165, 1.54) is 0 Å². The molecule has 0 unspecified atom stereocenters. The van der Waals surface area contributed by atoms with E-state index in [1.807, 2.05) is 43.3 Å². The summed E-state index contributed by atoms with van der Waals surface area (Å²) in [6.07, 6.45) is 0.828. The summed E-state index contributed by atoms with van der Waals surface area (Å²) in [6, 6.07) is 14.9. The lowest BCUT2D eigenvalue weighted by Crippen LogP contribution is -2.04. The first kappa shape index (κ1) is 14.3. The van der Waals surface area contributed by atoms with Gasteiger partial charge in [0, 0.05) is 11.1 Å². The molecule has 0 aliphatic heterocycles. The van der Waals surface area contributed by atoms with Crippen molar-refractivity contribution in [2.75, 3.05) is 13.2 Å². The number of rotatable bonds is 6. The molecule has 0 saturated carbocycles. The summed E-state index contributed by atoms with van der Waals surface area (Å²) < 4.78 is 5.42. The van der Waals surface area contributed by atoms with Crippen LogP contribution in [0.2, 0.25) is 0 Å². The van der Waals surface area contributed by atoms with Gasteiger partial charge in [0.2, 0.25) is 0 Å². The third-order valence-corrected chi connectivity index (χ3v) is 3.06. The molecule has 0 aromatic heterocycles. The number of hydrogen-bond acceptors (Lipinski definition) is 3. The summed E-state index contributed by atoms with van der Waals surface area (Å²) in [7, 11) is 0. The van der Waals surface area contributed by atoms with Gasteiger partial charge in [0.05, 0.1) is 6.61 Å². The van der Waals surface area contributed by atoms with Gasteiger partial charge in [-0.05, 0) is 37.6 Å². The van der Waals surface area contributed by atoms with E-state index in [4.69, 9.17) is 10.5 Å². The van der Waals surface area contributed by atoms with Crippen molar-refractivity contribution < 1.29 is 9.53 Å². The van der Waals surface area contributed by atoms with Gasteiger partial charge in [-0.25, -0.2) is 0 Å². The van der Waals surface area contributed by atoms with Crippen LogP contribution in [0.1, 0.15) is 28.4 Å². The molecule has 104 valence electrons. The van der Waals surface area contributed by atoms with Crippen molar-refractivity contribution >= 4 is 5.78 Å². The molecule has 2 rings (SSSR count). The van der Waals surface area contributed by atoms with Crippen molar-refractivity contribution in [1.82, 2.24) is 0 Å². The van der Waals surface area contributed by atoms with Crippen LogP contribution in [0.3, 0.4) is 0 Å². The lowest BCUT2D eigenvalue weighted by atomic mass is 10.0. The van der Waals surface area contributed by atoms with Crippen molar-refractivity contribution in [1.29, 1.82) is 0 Å². The molecular weight excluding hydrogens is 250 g/mol. The van der Waals surface area contributed by atoms with E-state index in [-0.39, 0.29) is 5.78 Å². The van der Waals surface area contributed by atoms with Gasteiger partial charge in [-0.2, -0.15) is 0 Å². The van der Waals surface area contributed by atoms with Crippen LogP contribution in [-0.4, -0.2) is 18.9 Å². The van der Waals surface area contributed by atoms with Crippen molar-refractivity contribution in [3.63, 3.8) is 0 Å². The number of ketones is 1. The standard InChI is InChI=1S/C17H19NO2/c1-2-20-16-5-3-4-15(12-16)17(19)14-8-6-13(7-9-14)10-11-18/h3-9,12H,2,10-11,18H2,1H3. The second-order valence-corrected chi connectivity index (χ2v) is 4.53. The van der Waals surface area contributed by atoms with Gasteiger partial charge >= 0.3 is 0 Å². The fraction of sp³-hybridized carbons (Fsp3) is 0.235. The number of hydrogen-bond donors (Lipinski definition) is 1. The van der Waals surface area contributed by atoms with E-state index in [2.05, 4.69) is 0 Å². The van der Waals surface area contributed by atoms with Gasteiger partial charge < -0.3 is 10.5 Å². The first-order valence-corrected chi connectivity index (χ1v) is 6.81. The Hall–Kier alpha value is -2.13. The van der Waals surface area contributed by atoms with Crippen LogP contribution in [0.4, 0.5) is 0 Å². The average molecular weight is 269 g/mol. The molecule has 3 heteroatoms. The third-order valence-electron chi connectivity index (χ3n) is 3.06. The van der Waals surface area contributed by atoms with E-state index in [9.17, 15) is 4.79 Å². The fourth-order valence-corrected chi connectivity index (χ4v) is 2.05. The molecule has 2 aromatic rings. The molecule has 0 radical (unpaired) electrons. The molecule has 2 aromatic carbocycles. The molecule has 0 amide bonds. The first-order valence-electron chi connectivity index (χ1n) is 6.81. The van der Waals surface area contributed by atoms with Crippen LogP contribution in [0, 0.1) is 0 Å². The van der Waals surface area contributed by atoms with Crippen LogP contribution in [0.25, 0.3) is 0 Å². The Bertz CT molecular complexity index is 576. The number of benzene rings is 2. The Balaban J connectivity index is 2.19. The minimum Gasteiger partial charge on any atom is -0.494 e. The van der Waals surface area contributed by atoms with Crippen LogP contribution in [0.5, 0.6) is 5.75 Å². The average Bonchev–Trinajstić information content (AvgIpc) is 2.48. The predicted octanol–water partition coefficient (Wildman–Crippen LogP) is 2.82. The molecule has 0 fully saturated rings. The Morgan fingerprint density at radius 3 is 2.50 bits per heavy atom. The zero-order valence-corrected chi connectivity index (χ0v) is 11.6. The third kappa shape index (κ3) is 3.45. The maximum absolute atomic E-state index is 12.4. The second kappa shape index (κ2) is 6.87. The topological polar surface area (TPSA) is 52.3 Å². The SMILES string of the molecule is CCOc1cccc(C(=O)c2ccc(CCN)cc2)c1. The van der Waals surface area contributed by atoms with E-state index in [1.54, 1.807) is 12.1 Å². The predicted molar refractivity (Wildman–Crippen MR) is 80.2 cm³/mol. The molecule has 0 saturated heterocycles. The van der Waals surface area contributed by atoms with Gasteiger partial charge in [-0.3, -0.25) is 4.79 Å². The molecule has 0 spiro atoms. The quantitative estimate of drug-likeness (QED) is 0.820. The van der Waals surface area contributed by atoms with Gasteiger partial charge in [0.1, 0.15) is 5.75 Å². The Labute approximate surface area is 119 Å². The number of carbonyl (C=O) groups is 1. The zero-order valence-electron chi connectivity index (χ0n) is 11.6. The molecule has 20 heavy (non-hydrogen) atoms. The Kier molecular flexibility index (Phi) is 4.91. The smallest absolute Gasteiger partial charge is 0.193 e. The van der Waals surface area contributed by atoms with E-state index in [0.29, 0.717) is 24.3 Å². The van der Waals surface area contributed by atoms with Gasteiger partial charge in [0.15, 0.2) is 5.78 Å².